The number of rotatable bonds is 3. The maximum Gasteiger partial charge on any atom is 0.417 e. The summed E-state index contributed by atoms with van der Waals surface area (Å²) in [6, 6.07) is 3.02. The van der Waals surface area contributed by atoms with E-state index in [4.69, 9.17) is 4.74 Å². The first kappa shape index (κ1) is 13.7. The van der Waals surface area contributed by atoms with Gasteiger partial charge in [-0.3, -0.25) is 4.79 Å². The van der Waals surface area contributed by atoms with E-state index in [1.54, 1.807) is 6.07 Å². The fourth-order valence-corrected chi connectivity index (χ4v) is 2.53. The van der Waals surface area contributed by atoms with Crippen LogP contribution in [0.2, 0.25) is 0 Å². The Balaban J connectivity index is 2.38. The summed E-state index contributed by atoms with van der Waals surface area (Å²) in [5, 5.41) is 2.44. The third-order valence-corrected chi connectivity index (χ3v) is 3.39. The van der Waals surface area contributed by atoms with Gasteiger partial charge in [-0.25, -0.2) is 0 Å². The van der Waals surface area contributed by atoms with E-state index in [-0.39, 0.29) is 17.9 Å². The lowest BCUT2D eigenvalue weighted by molar-refractivity contribution is -0.137. The van der Waals surface area contributed by atoms with Crippen molar-refractivity contribution in [2.75, 3.05) is 7.11 Å². The molecule has 0 saturated heterocycles. The first-order valence-corrected chi connectivity index (χ1v) is 6.23. The van der Waals surface area contributed by atoms with Crippen LogP contribution in [0, 0.1) is 0 Å². The molecule has 0 saturated carbocycles. The van der Waals surface area contributed by atoms with Gasteiger partial charge in [0, 0.05) is 11.6 Å². The molecule has 0 bridgehead atoms. The van der Waals surface area contributed by atoms with Crippen LogP contribution in [0.25, 0.3) is 0 Å². The summed E-state index contributed by atoms with van der Waals surface area (Å²) in [4.78, 5) is 11.8. The molecule has 0 atom stereocenters. The van der Waals surface area contributed by atoms with Crippen molar-refractivity contribution in [2.24, 2.45) is 0 Å². The smallest absolute Gasteiger partial charge is 0.417 e. The van der Waals surface area contributed by atoms with Crippen LogP contribution in [0.15, 0.2) is 33.9 Å². The Morgan fingerprint density at radius 2 is 2.11 bits per heavy atom. The van der Waals surface area contributed by atoms with Gasteiger partial charge in [0.05, 0.1) is 19.2 Å². The second-order valence-corrected chi connectivity index (χ2v) is 4.56. The minimum Gasteiger partial charge on any atom is -0.491 e. The monoisotopic (exact) mass is 289 g/mol. The summed E-state index contributed by atoms with van der Waals surface area (Å²) < 4.78 is 44.2. The van der Waals surface area contributed by atoms with Crippen LogP contribution < -0.4 is 10.3 Å². The van der Waals surface area contributed by atoms with Gasteiger partial charge in [0.1, 0.15) is 0 Å². The minimum absolute atomic E-state index is 0.0767. The predicted octanol–water partition coefficient (Wildman–Crippen LogP) is 2.99. The molecule has 0 amide bonds. The number of alkyl halides is 3. The van der Waals surface area contributed by atoms with Gasteiger partial charge in [-0.15, -0.1) is 0 Å². The molecule has 0 aliphatic carbocycles. The summed E-state index contributed by atoms with van der Waals surface area (Å²) in [6.45, 7) is -0.131. The van der Waals surface area contributed by atoms with Crippen molar-refractivity contribution in [3.63, 3.8) is 0 Å². The van der Waals surface area contributed by atoms with Crippen LogP contribution in [0.5, 0.6) is 5.75 Å². The van der Waals surface area contributed by atoms with Crippen molar-refractivity contribution < 1.29 is 17.9 Å². The normalized spacial score (nSPS) is 11.6. The SMILES string of the molecule is COc1cccn(Cc2cscc2C(F)(F)F)c1=O. The Labute approximate surface area is 110 Å². The van der Waals surface area contributed by atoms with Crippen molar-refractivity contribution >= 4 is 11.3 Å². The highest BCUT2D eigenvalue weighted by Crippen LogP contribution is 2.34. The zero-order valence-electron chi connectivity index (χ0n) is 9.90. The third kappa shape index (κ3) is 2.81. The van der Waals surface area contributed by atoms with Crippen molar-refractivity contribution in [2.45, 2.75) is 12.7 Å². The van der Waals surface area contributed by atoms with E-state index >= 15 is 0 Å². The van der Waals surface area contributed by atoms with E-state index < -0.39 is 17.3 Å². The first-order valence-electron chi connectivity index (χ1n) is 5.29. The fraction of sp³-hybridized carbons (Fsp3) is 0.250. The van der Waals surface area contributed by atoms with Crippen molar-refractivity contribution in [1.82, 2.24) is 4.57 Å². The lowest BCUT2D eigenvalue weighted by Gasteiger charge is -2.10. The van der Waals surface area contributed by atoms with Crippen LogP contribution in [0.3, 0.4) is 0 Å². The first-order chi connectivity index (χ1) is 8.93. The van der Waals surface area contributed by atoms with E-state index in [9.17, 15) is 18.0 Å². The van der Waals surface area contributed by atoms with Crippen LogP contribution in [0.4, 0.5) is 13.2 Å². The molecule has 0 aliphatic heterocycles. The Kier molecular flexibility index (Phi) is 3.66. The van der Waals surface area contributed by atoms with E-state index in [0.29, 0.717) is 0 Å². The largest absolute Gasteiger partial charge is 0.491 e. The molecule has 0 unspecified atom stereocenters. The van der Waals surface area contributed by atoms with Gasteiger partial charge in [0.15, 0.2) is 5.75 Å². The van der Waals surface area contributed by atoms with Crippen molar-refractivity contribution in [3.8, 4) is 5.75 Å². The molecule has 2 aromatic heterocycles. The molecule has 2 rings (SSSR count). The van der Waals surface area contributed by atoms with Gasteiger partial charge in [0.25, 0.3) is 5.56 Å². The number of halogens is 3. The zero-order chi connectivity index (χ0) is 14.0. The second-order valence-electron chi connectivity index (χ2n) is 3.82. The average Bonchev–Trinajstić information content (AvgIpc) is 2.80. The average molecular weight is 289 g/mol. The Morgan fingerprint density at radius 3 is 2.74 bits per heavy atom. The van der Waals surface area contributed by atoms with E-state index in [2.05, 4.69) is 0 Å². The highest BCUT2D eigenvalue weighted by molar-refractivity contribution is 7.08. The number of hydrogen-bond acceptors (Lipinski definition) is 3. The molecule has 0 aliphatic rings. The van der Waals surface area contributed by atoms with Crippen LogP contribution in [-0.4, -0.2) is 11.7 Å². The quantitative estimate of drug-likeness (QED) is 0.870. The van der Waals surface area contributed by atoms with Crippen molar-refractivity contribution in [1.29, 1.82) is 0 Å². The summed E-state index contributed by atoms with van der Waals surface area (Å²) in [6.07, 6.45) is -2.97. The highest BCUT2D eigenvalue weighted by atomic mass is 32.1. The molecular weight excluding hydrogens is 279 g/mol. The van der Waals surface area contributed by atoms with Gasteiger partial charge in [0.2, 0.25) is 0 Å². The van der Waals surface area contributed by atoms with Gasteiger partial charge in [-0.1, -0.05) is 0 Å². The lowest BCUT2D eigenvalue weighted by Crippen LogP contribution is -2.22. The maximum atomic E-state index is 12.7. The topological polar surface area (TPSA) is 31.2 Å². The zero-order valence-corrected chi connectivity index (χ0v) is 10.7. The molecule has 0 spiro atoms. The molecule has 0 radical (unpaired) electrons. The second kappa shape index (κ2) is 5.08. The van der Waals surface area contributed by atoms with Crippen molar-refractivity contribution in [3.05, 3.63) is 50.6 Å². The molecule has 0 aromatic carbocycles. The summed E-state index contributed by atoms with van der Waals surface area (Å²) >= 11 is 0.962. The summed E-state index contributed by atoms with van der Waals surface area (Å²) in [5.41, 5.74) is -1.08. The number of pyridine rings is 1. The lowest BCUT2D eigenvalue weighted by atomic mass is 10.2. The molecule has 0 fully saturated rings. The molecular formula is C12H10F3NO2S. The van der Waals surface area contributed by atoms with Gasteiger partial charge in [-0.2, -0.15) is 24.5 Å². The third-order valence-electron chi connectivity index (χ3n) is 2.59. The Hall–Kier alpha value is -1.76. The number of hydrogen-bond donors (Lipinski definition) is 0. The van der Waals surface area contributed by atoms with Crippen LogP contribution in [0.1, 0.15) is 11.1 Å². The van der Waals surface area contributed by atoms with Gasteiger partial charge < -0.3 is 9.30 Å². The Morgan fingerprint density at radius 1 is 1.37 bits per heavy atom. The highest BCUT2D eigenvalue weighted by Gasteiger charge is 2.34. The van der Waals surface area contributed by atoms with Crippen LogP contribution >= 0.6 is 11.3 Å². The van der Waals surface area contributed by atoms with E-state index in [1.807, 2.05) is 0 Å². The molecule has 2 aromatic rings. The number of thiophene rings is 1. The van der Waals surface area contributed by atoms with E-state index in [1.165, 1.54) is 29.3 Å². The summed E-state index contributed by atoms with van der Waals surface area (Å²) in [7, 11) is 1.34. The molecule has 102 valence electrons. The van der Waals surface area contributed by atoms with Crippen LogP contribution in [-0.2, 0) is 12.7 Å². The molecule has 0 N–H and O–H groups in total. The standard InChI is InChI=1S/C12H10F3NO2S/c1-18-10-3-2-4-16(11(10)17)5-8-6-19-7-9(8)12(13,14)15/h2-4,6-7H,5H2,1H3. The molecule has 19 heavy (non-hydrogen) atoms. The fourth-order valence-electron chi connectivity index (χ4n) is 1.67. The Bertz CT molecular complexity index is 630. The molecule has 7 heteroatoms. The van der Waals surface area contributed by atoms with Gasteiger partial charge >= 0.3 is 6.18 Å². The maximum absolute atomic E-state index is 12.7. The van der Waals surface area contributed by atoms with E-state index in [0.717, 1.165) is 16.7 Å². The molecule has 3 nitrogen and oxygen atoms in total. The number of aromatic nitrogens is 1. The predicted molar refractivity (Wildman–Crippen MR) is 65.7 cm³/mol. The minimum atomic E-state index is -4.40. The molecule has 2 heterocycles. The number of methoxy groups -OCH3 is 1. The number of ether oxygens (including phenoxy) is 1. The summed E-state index contributed by atoms with van der Waals surface area (Å²) in [5.74, 6) is 0.103. The van der Waals surface area contributed by atoms with Gasteiger partial charge in [-0.05, 0) is 23.1 Å². The number of nitrogens with zero attached hydrogens (tertiary/aromatic N) is 1.